The summed E-state index contributed by atoms with van der Waals surface area (Å²) in [6, 6.07) is 6.72. The van der Waals surface area contributed by atoms with Crippen LogP contribution >= 0.6 is 0 Å². The summed E-state index contributed by atoms with van der Waals surface area (Å²) in [4.78, 5) is 35.5. The number of nitrogens with one attached hydrogen (secondary N) is 1. The van der Waals surface area contributed by atoms with Crippen molar-refractivity contribution < 1.29 is 19.5 Å². The van der Waals surface area contributed by atoms with E-state index >= 15 is 0 Å². The Labute approximate surface area is 128 Å². The number of allylic oxidation sites excluding steroid dienone is 2. The number of amides is 1. The summed E-state index contributed by atoms with van der Waals surface area (Å²) in [6.45, 7) is 1.43. The first-order valence-corrected chi connectivity index (χ1v) is 7.29. The lowest BCUT2D eigenvalue weighted by atomic mass is 9.82. The topological polar surface area (TPSA) is 86.3 Å². The molecule has 1 saturated carbocycles. The minimum absolute atomic E-state index is 0.0719. The molecular formula is C17H16NO4-. The van der Waals surface area contributed by atoms with Gasteiger partial charge in [-0.3, -0.25) is 9.59 Å². The number of carbonyl (C=O) groups excluding carboxylic acids is 3. The van der Waals surface area contributed by atoms with Gasteiger partial charge in [0, 0.05) is 17.5 Å². The fourth-order valence-corrected chi connectivity index (χ4v) is 3.62. The first-order chi connectivity index (χ1) is 10.5. The summed E-state index contributed by atoms with van der Waals surface area (Å²) in [6.07, 6.45) is 4.44. The molecule has 0 radical (unpaired) electrons. The quantitative estimate of drug-likeness (QED) is 0.664. The average molecular weight is 298 g/mol. The van der Waals surface area contributed by atoms with Crippen molar-refractivity contribution in [3.63, 3.8) is 0 Å². The molecule has 4 atom stereocenters. The normalized spacial score (nSPS) is 28.6. The van der Waals surface area contributed by atoms with Gasteiger partial charge in [-0.25, -0.2) is 0 Å². The lowest BCUT2D eigenvalue weighted by Gasteiger charge is -2.28. The number of ketones is 1. The van der Waals surface area contributed by atoms with E-state index < -0.39 is 17.8 Å². The molecule has 1 aromatic carbocycles. The van der Waals surface area contributed by atoms with Crippen LogP contribution in [-0.2, 0) is 9.59 Å². The van der Waals surface area contributed by atoms with E-state index in [4.69, 9.17) is 0 Å². The van der Waals surface area contributed by atoms with Crippen LogP contribution in [0, 0.1) is 23.7 Å². The Morgan fingerprint density at radius 1 is 1.09 bits per heavy atom. The van der Waals surface area contributed by atoms with E-state index in [1.807, 2.05) is 12.2 Å². The Kier molecular flexibility index (Phi) is 3.56. The third-order valence-electron chi connectivity index (χ3n) is 4.60. The predicted molar refractivity (Wildman–Crippen MR) is 77.8 cm³/mol. The van der Waals surface area contributed by atoms with Crippen molar-refractivity contribution in [2.45, 2.75) is 13.3 Å². The van der Waals surface area contributed by atoms with Crippen LogP contribution in [0.4, 0.5) is 5.69 Å². The third-order valence-corrected chi connectivity index (χ3v) is 4.60. The lowest BCUT2D eigenvalue weighted by molar-refractivity contribution is -0.313. The maximum atomic E-state index is 12.5. The number of rotatable bonds is 4. The molecule has 2 bridgehead atoms. The zero-order chi connectivity index (χ0) is 15.9. The van der Waals surface area contributed by atoms with Gasteiger partial charge < -0.3 is 15.2 Å². The molecule has 2 aliphatic carbocycles. The van der Waals surface area contributed by atoms with E-state index in [1.165, 1.54) is 6.92 Å². The maximum absolute atomic E-state index is 12.5. The minimum Gasteiger partial charge on any atom is -0.550 e. The Morgan fingerprint density at radius 3 is 2.36 bits per heavy atom. The molecule has 3 rings (SSSR count). The Bertz CT molecular complexity index is 679. The van der Waals surface area contributed by atoms with Gasteiger partial charge in [-0.15, -0.1) is 0 Å². The third kappa shape index (κ3) is 2.32. The SMILES string of the molecule is CC(=O)c1ccccc1NC(=O)[C@@H]1[C@@H](C(=O)[O-])[C@H]2C=C[C@H]1C2. The van der Waals surface area contributed by atoms with E-state index in [1.54, 1.807) is 24.3 Å². The monoisotopic (exact) mass is 298 g/mol. The fraction of sp³-hybridized carbons (Fsp3) is 0.353. The van der Waals surface area contributed by atoms with Crippen LogP contribution < -0.4 is 10.4 Å². The number of carboxylic acids is 1. The van der Waals surface area contributed by atoms with Crippen molar-refractivity contribution in [3.05, 3.63) is 42.0 Å². The van der Waals surface area contributed by atoms with Crippen molar-refractivity contribution >= 4 is 23.3 Å². The second-order valence-corrected chi connectivity index (χ2v) is 5.91. The second-order valence-electron chi connectivity index (χ2n) is 5.91. The van der Waals surface area contributed by atoms with Crippen molar-refractivity contribution in [2.75, 3.05) is 5.32 Å². The van der Waals surface area contributed by atoms with E-state index in [-0.39, 0.29) is 23.5 Å². The summed E-state index contributed by atoms with van der Waals surface area (Å²) in [5.41, 5.74) is 0.836. The molecule has 0 unspecified atom stereocenters. The lowest BCUT2D eigenvalue weighted by Crippen LogP contribution is -2.43. The number of Topliss-reactive ketones (excluding diaryl/α,β-unsaturated/α-hetero) is 1. The molecule has 114 valence electrons. The van der Waals surface area contributed by atoms with Crippen LogP contribution in [-0.4, -0.2) is 17.7 Å². The molecule has 1 N–H and O–H groups in total. The highest BCUT2D eigenvalue weighted by Crippen LogP contribution is 2.48. The van der Waals surface area contributed by atoms with Gasteiger partial charge in [0.2, 0.25) is 5.91 Å². The molecule has 0 spiro atoms. The van der Waals surface area contributed by atoms with Crippen LogP contribution in [0.5, 0.6) is 0 Å². The molecule has 0 aliphatic heterocycles. The largest absolute Gasteiger partial charge is 0.550 e. The Balaban J connectivity index is 1.85. The second kappa shape index (κ2) is 5.40. The van der Waals surface area contributed by atoms with Crippen LogP contribution in [0.2, 0.25) is 0 Å². The molecule has 0 heterocycles. The molecule has 0 aromatic heterocycles. The molecule has 0 saturated heterocycles. The first kappa shape index (κ1) is 14.5. The summed E-state index contributed by atoms with van der Waals surface area (Å²) in [5, 5.41) is 14.1. The Morgan fingerprint density at radius 2 is 1.73 bits per heavy atom. The van der Waals surface area contributed by atoms with E-state index in [0.29, 0.717) is 17.7 Å². The summed E-state index contributed by atoms with van der Waals surface area (Å²) < 4.78 is 0. The van der Waals surface area contributed by atoms with E-state index in [0.717, 1.165) is 0 Å². The van der Waals surface area contributed by atoms with Gasteiger partial charge in [-0.05, 0) is 37.3 Å². The van der Waals surface area contributed by atoms with Crippen molar-refractivity contribution in [3.8, 4) is 0 Å². The molecule has 2 aliphatic rings. The number of fused-ring (bicyclic) bond motifs is 2. The number of aliphatic carboxylic acids is 1. The van der Waals surface area contributed by atoms with Gasteiger partial charge in [0.1, 0.15) is 0 Å². The van der Waals surface area contributed by atoms with E-state index in [2.05, 4.69) is 5.32 Å². The number of anilines is 1. The van der Waals surface area contributed by atoms with Gasteiger partial charge in [-0.1, -0.05) is 24.3 Å². The molecular weight excluding hydrogens is 282 g/mol. The molecule has 1 aromatic rings. The van der Waals surface area contributed by atoms with Gasteiger partial charge in [-0.2, -0.15) is 0 Å². The van der Waals surface area contributed by atoms with E-state index in [9.17, 15) is 19.5 Å². The molecule has 1 amide bonds. The number of para-hydroxylation sites is 1. The summed E-state index contributed by atoms with van der Waals surface area (Å²) in [5.74, 6) is -3.33. The van der Waals surface area contributed by atoms with Gasteiger partial charge in [0.25, 0.3) is 0 Å². The van der Waals surface area contributed by atoms with Crippen molar-refractivity contribution in [1.29, 1.82) is 0 Å². The molecule has 5 nitrogen and oxygen atoms in total. The first-order valence-electron chi connectivity index (χ1n) is 7.29. The molecule has 22 heavy (non-hydrogen) atoms. The predicted octanol–water partition coefficient (Wildman–Crippen LogP) is 1.02. The average Bonchev–Trinajstić information content (AvgIpc) is 3.08. The zero-order valence-corrected chi connectivity index (χ0v) is 12.1. The maximum Gasteiger partial charge on any atom is 0.228 e. The standard InChI is InChI=1S/C17H17NO4/c1-9(19)12-4-2-3-5-13(12)18-16(20)14-10-6-7-11(8-10)15(14)17(21)22/h2-7,10-11,14-15H,8H2,1H3,(H,18,20)(H,21,22)/p-1/t10-,11-,14-,15-/m0/s1. The van der Waals surface area contributed by atoms with Crippen LogP contribution in [0.15, 0.2) is 36.4 Å². The minimum atomic E-state index is -1.18. The number of benzene rings is 1. The molecule has 1 fully saturated rings. The van der Waals surface area contributed by atoms with Crippen LogP contribution in [0.25, 0.3) is 0 Å². The number of hydrogen-bond acceptors (Lipinski definition) is 4. The van der Waals surface area contributed by atoms with Gasteiger partial charge in [0.15, 0.2) is 5.78 Å². The highest BCUT2D eigenvalue weighted by atomic mass is 16.4. The summed E-state index contributed by atoms with van der Waals surface area (Å²) in [7, 11) is 0. The number of carbonyl (C=O) groups is 3. The van der Waals surface area contributed by atoms with Crippen molar-refractivity contribution in [1.82, 2.24) is 0 Å². The number of carboxylic acid groups (broad SMARTS) is 1. The number of hydrogen-bond donors (Lipinski definition) is 1. The summed E-state index contributed by atoms with van der Waals surface area (Å²) >= 11 is 0. The highest BCUT2D eigenvalue weighted by molar-refractivity contribution is 6.04. The highest BCUT2D eigenvalue weighted by Gasteiger charge is 2.48. The van der Waals surface area contributed by atoms with Crippen molar-refractivity contribution in [2.24, 2.45) is 23.7 Å². The fourth-order valence-electron chi connectivity index (χ4n) is 3.62. The molecule has 5 heteroatoms. The smallest absolute Gasteiger partial charge is 0.228 e. The van der Waals surface area contributed by atoms with Gasteiger partial charge in [0.05, 0.1) is 11.6 Å². The van der Waals surface area contributed by atoms with Crippen LogP contribution in [0.3, 0.4) is 0 Å². The Hall–Kier alpha value is -2.43. The van der Waals surface area contributed by atoms with Crippen LogP contribution in [0.1, 0.15) is 23.7 Å². The van der Waals surface area contributed by atoms with Gasteiger partial charge >= 0.3 is 0 Å². The zero-order valence-electron chi connectivity index (χ0n) is 12.1.